The van der Waals surface area contributed by atoms with Gasteiger partial charge in [0.1, 0.15) is 5.75 Å². The van der Waals surface area contributed by atoms with Gasteiger partial charge in [-0.25, -0.2) is 0 Å². The molecule has 0 aliphatic carbocycles. The molecule has 1 N–H and O–H groups in total. The molecule has 0 bridgehead atoms. The van der Waals surface area contributed by atoms with Crippen molar-refractivity contribution in [1.82, 2.24) is 4.90 Å². The lowest BCUT2D eigenvalue weighted by molar-refractivity contribution is 0.412. The first kappa shape index (κ1) is 10.6. The van der Waals surface area contributed by atoms with Gasteiger partial charge in [-0.15, -0.1) is 0 Å². The van der Waals surface area contributed by atoms with Gasteiger partial charge in [0, 0.05) is 13.6 Å². The predicted molar refractivity (Wildman–Crippen MR) is 57.9 cm³/mol. The van der Waals surface area contributed by atoms with Crippen LogP contribution >= 0.6 is 0 Å². The molecule has 0 saturated heterocycles. The Kier molecular flexibility index (Phi) is 3.51. The lowest BCUT2D eigenvalue weighted by Crippen LogP contribution is -2.22. The molecule has 76 valence electrons. The molecule has 0 fully saturated rings. The molecule has 0 unspecified atom stereocenters. The topological polar surface area (TPSA) is 36.3 Å². The highest BCUT2D eigenvalue weighted by atomic mass is 16.5. The molecule has 0 atom stereocenters. The zero-order valence-electron chi connectivity index (χ0n) is 8.87. The SMILES string of the molecule is COc1cccc(CN(C)C(C)=N)c1. The Hall–Kier alpha value is -1.51. The standard InChI is InChI=1S/C11H16N2O/c1-9(12)13(2)8-10-5-4-6-11(7-10)14-3/h4-7,12H,8H2,1-3H3. The number of nitrogens with zero attached hydrogens (tertiary/aromatic N) is 1. The molecular weight excluding hydrogens is 176 g/mol. The monoisotopic (exact) mass is 192 g/mol. The molecule has 0 amide bonds. The Labute approximate surface area is 84.8 Å². The fraction of sp³-hybridized carbons (Fsp3) is 0.364. The maximum Gasteiger partial charge on any atom is 0.119 e. The molecule has 0 aliphatic rings. The third-order valence-electron chi connectivity index (χ3n) is 2.13. The second-order valence-corrected chi connectivity index (χ2v) is 3.29. The van der Waals surface area contributed by atoms with Crippen molar-refractivity contribution in [3.05, 3.63) is 29.8 Å². The number of hydrogen-bond donors (Lipinski definition) is 1. The van der Waals surface area contributed by atoms with Crippen LogP contribution in [0.3, 0.4) is 0 Å². The lowest BCUT2D eigenvalue weighted by Gasteiger charge is -2.17. The summed E-state index contributed by atoms with van der Waals surface area (Å²) in [7, 11) is 3.56. The molecule has 0 radical (unpaired) electrons. The van der Waals surface area contributed by atoms with Gasteiger partial charge in [0.15, 0.2) is 0 Å². The minimum atomic E-state index is 0.563. The van der Waals surface area contributed by atoms with Crippen LogP contribution in [0.2, 0.25) is 0 Å². The summed E-state index contributed by atoms with van der Waals surface area (Å²) in [6.45, 7) is 2.52. The second kappa shape index (κ2) is 4.65. The van der Waals surface area contributed by atoms with E-state index in [-0.39, 0.29) is 0 Å². The number of nitrogens with one attached hydrogen (secondary N) is 1. The largest absolute Gasteiger partial charge is 0.497 e. The number of ether oxygens (including phenoxy) is 1. The van der Waals surface area contributed by atoms with Crippen molar-refractivity contribution in [2.75, 3.05) is 14.2 Å². The predicted octanol–water partition coefficient (Wildman–Crippen LogP) is 2.12. The van der Waals surface area contributed by atoms with Crippen LogP contribution in [0.4, 0.5) is 0 Å². The number of amidine groups is 1. The minimum Gasteiger partial charge on any atom is -0.497 e. The van der Waals surface area contributed by atoms with Gasteiger partial charge in [0.2, 0.25) is 0 Å². The van der Waals surface area contributed by atoms with Crippen LogP contribution in [-0.2, 0) is 6.54 Å². The molecule has 0 heterocycles. The van der Waals surface area contributed by atoms with Gasteiger partial charge >= 0.3 is 0 Å². The zero-order chi connectivity index (χ0) is 10.6. The van der Waals surface area contributed by atoms with Crippen molar-refractivity contribution in [2.24, 2.45) is 0 Å². The molecule has 1 aromatic rings. The van der Waals surface area contributed by atoms with E-state index in [1.54, 1.807) is 14.0 Å². The maximum absolute atomic E-state index is 7.44. The van der Waals surface area contributed by atoms with E-state index in [0.29, 0.717) is 5.84 Å². The quantitative estimate of drug-likeness (QED) is 0.588. The van der Waals surface area contributed by atoms with Crippen LogP contribution < -0.4 is 4.74 Å². The molecular formula is C11H16N2O. The fourth-order valence-electron chi connectivity index (χ4n) is 1.16. The number of hydrogen-bond acceptors (Lipinski definition) is 2. The van der Waals surface area contributed by atoms with E-state index in [0.717, 1.165) is 17.9 Å². The van der Waals surface area contributed by atoms with Crippen LogP contribution in [0, 0.1) is 5.41 Å². The van der Waals surface area contributed by atoms with E-state index >= 15 is 0 Å². The van der Waals surface area contributed by atoms with Gasteiger partial charge < -0.3 is 9.64 Å². The van der Waals surface area contributed by atoms with Gasteiger partial charge in [-0.3, -0.25) is 5.41 Å². The summed E-state index contributed by atoms with van der Waals surface area (Å²) < 4.78 is 5.12. The number of rotatable bonds is 3. The Morgan fingerprint density at radius 3 is 2.79 bits per heavy atom. The molecule has 0 aromatic heterocycles. The van der Waals surface area contributed by atoms with Gasteiger partial charge in [0.05, 0.1) is 12.9 Å². The van der Waals surface area contributed by atoms with Crippen molar-refractivity contribution in [3.63, 3.8) is 0 Å². The minimum absolute atomic E-state index is 0.563. The molecule has 14 heavy (non-hydrogen) atoms. The van der Waals surface area contributed by atoms with Crippen LogP contribution in [0.25, 0.3) is 0 Å². The van der Waals surface area contributed by atoms with Crippen molar-refractivity contribution in [3.8, 4) is 5.75 Å². The van der Waals surface area contributed by atoms with Crippen LogP contribution in [0.5, 0.6) is 5.75 Å². The molecule has 0 aliphatic heterocycles. The number of benzene rings is 1. The van der Waals surface area contributed by atoms with E-state index in [2.05, 4.69) is 0 Å². The van der Waals surface area contributed by atoms with Gasteiger partial charge in [-0.2, -0.15) is 0 Å². The summed E-state index contributed by atoms with van der Waals surface area (Å²) in [6.07, 6.45) is 0. The van der Waals surface area contributed by atoms with Gasteiger partial charge in [-0.1, -0.05) is 12.1 Å². The smallest absolute Gasteiger partial charge is 0.119 e. The van der Waals surface area contributed by atoms with E-state index in [4.69, 9.17) is 10.1 Å². The Morgan fingerprint density at radius 2 is 2.21 bits per heavy atom. The van der Waals surface area contributed by atoms with E-state index in [1.807, 2.05) is 36.2 Å². The number of methoxy groups -OCH3 is 1. The van der Waals surface area contributed by atoms with Crippen molar-refractivity contribution >= 4 is 5.84 Å². The summed E-state index contributed by atoms with van der Waals surface area (Å²) in [4.78, 5) is 1.88. The Balaban J connectivity index is 2.71. The van der Waals surface area contributed by atoms with E-state index < -0.39 is 0 Å². The molecule has 3 heteroatoms. The first-order chi connectivity index (χ1) is 6.63. The first-order valence-corrected chi connectivity index (χ1v) is 4.52. The third kappa shape index (κ3) is 2.76. The Bertz CT molecular complexity index is 323. The molecule has 1 aromatic carbocycles. The fourth-order valence-corrected chi connectivity index (χ4v) is 1.16. The Morgan fingerprint density at radius 1 is 1.50 bits per heavy atom. The van der Waals surface area contributed by atoms with Crippen molar-refractivity contribution < 1.29 is 4.74 Å². The van der Waals surface area contributed by atoms with Gasteiger partial charge in [-0.05, 0) is 24.6 Å². The normalized spacial score (nSPS) is 9.64. The molecule has 0 saturated carbocycles. The average Bonchev–Trinajstić information content (AvgIpc) is 2.18. The van der Waals surface area contributed by atoms with E-state index in [9.17, 15) is 0 Å². The average molecular weight is 192 g/mol. The van der Waals surface area contributed by atoms with Crippen LogP contribution in [0.15, 0.2) is 24.3 Å². The summed E-state index contributed by atoms with van der Waals surface area (Å²) in [5.74, 6) is 1.42. The second-order valence-electron chi connectivity index (χ2n) is 3.29. The van der Waals surface area contributed by atoms with E-state index in [1.165, 1.54) is 0 Å². The first-order valence-electron chi connectivity index (χ1n) is 4.52. The highest BCUT2D eigenvalue weighted by Crippen LogP contribution is 2.13. The molecule has 3 nitrogen and oxygen atoms in total. The summed E-state index contributed by atoms with van der Waals surface area (Å²) in [5.41, 5.74) is 1.15. The zero-order valence-corrected chi connectivity index (χ0v) is 8.87. The van der Waals surface area contributed by atoms with Crippen molar-refractivity contribution in [2.45, 2.75) is 13.5 Å². The summed E-state index contributed by atoms with van der Waals surface area (Å²) in [5, 5.41) is 7.44. The molecule has 0 spiro atoms. The summed E-state index contributed by atoms with van der Waals surface area (Å²) in [6, 6.07) is 7.89. The van der Waals surface area contributed by atoms with Gasteiger partial charge in [0.25, 0.3) is 0 Å². The molecule has 1 rings (SSSR count). The highest BCUT2D eigenvalue weighted by molar-refractivity contribution is 5.75. The summed E-state index contributed by atoms with van der Waals surface area (Å²) >= 11 is 0. The maximum atomic E-state index is 7.44. The van der Waals surface area contributed by atoms with Crippen LogP contribution in [-0.4, -0.2) is 24.9 Å². The lowest BCUT2D eigenvalue weighted by atomic mass is 10.2. The third-order valence-corrected chi connectivity index (χ3v) is 2.13. The highest BCUT2D eigenvalue weighted by Gasteiger charge is 2.01. The van der Waals surface area contributed by atoms with Crippen LogP contribution in [0.1, 0.15) is 12.5 Å². The van der Waals surface area contributed by atoms with Crippen molar-refractivity contribution in [1.29, 1.82) is 5.41 Å².